The maximum absolute atomic E-state index is 11.2. The summed E-state index contributed by atoms with van der Waals surface area (Å²) in [5, 5.41) is 0. The first-order valence-corrected chi connectivity index (χ1v) is 6.52. The van der Waals surface area contributed by atoms with Crippen LogP contribution in [0, 0.1) is 0 Å². The maximum atomic E-state index is 11.2. The number of rotatable bonds is 10. The zero-order valence-electron chi connectivity index (χ0n) is 11.0. The van der Waals surface area contributed by atoms with Crippen molar-refractivity contribution in [2.24, 2.45) is 0 Å². The molecule has 0 unspecified atom stereocenters. The molecule has 0 N–H and O–H groups in total. The van der Waals surface area contributed by atoms with Gasteiger partial charge in [-0.2, -0.15) is 0 Å². The molecule has 0 aliphatic heterocycles. The smallest absolute Gasteiger partial charge is 0.306 e. The highest BCUT2D eigenvalue weighted by Crippen LogP contribution is 2.01. The third-order valence-corrected chi connectivity index (χ3v) is 2.26. The van der Waals surface area contributed by atoms with Crippen molar-refractivity contribution in [3.63, 3.8) is 0 Å². The molecule has 0 rings (SSSR count). The molecule has 4 heteroatoms. The van der Waals surface area contributed by atoms with Crippen molar-refractivity contribution in [3.05, 3.63) is 0 Å². The van der Waals surface area contributed by atoms with E-state index in [2.05, 4.69) is 6.92 Å². The molecule has 0 atom stereocenters. The molecule has 4 nitrogen and oxygen atoms in total. The molecule has 0 aliphatic carbocycles. The van der Waals surface area contributed by atoms with Gasteiger partial charge in [-0.15, -0.1) is 0 Å². The normalized spacial score (nSPS) is 10.0. The van der Waals surface area contributed by atoms with Crippen molar-refractivity contribution in [2.45, 2.75) is 58.8 Å². The van der Waals surface area contributed by atoms with Crippen molar-refractivity contribution < 1.29 is 19.1 Å². The molecular weight excluding hydrogens is 220 g/mol. The van der Waals surface area contributed by atoms with Crippen molar-refractivity contribution in [3.8, 4) is 0 Å². The summed E-state index contributed by atoms with van der Waals surface area (Å²) in [5.74, 6) is -0.635. The van der Waals surface area contributed by atoms with E-state index in [1.54, 1.807) is 0 Å². The summed E-state index contributed by atoms with van der Waals surface area (Å²) in [6, 6.07) is 0. The summed E-state index contributed by atoms with van der Waals surface area (Å²) in [7, 11) is 0. The SMILES string of the molecule is CCCCCCOC(=O)CCC(=O)OCCC. The van der Waals surface area contributed by atoms with E-state index < -0.39 is 0 Å². The molecule has 0 aromatic heterocycles. The maximum Gasteiger partial charge on any atom is 0.306 e. The number of esters is 2. The minimum atomic E-state index is -0.324. The van der Waals surface area contributed by atoms with E-state index >= 15 is 0 Å². The summed E-state index contributed by atoms with van der Waals surface area (Å²) in [6.45, 7) is 4.94. The first kappa shape index (κ1) is 15.9. The lowest BCUT2D eigenvalue weighted by Gasteiger charge is -2.05. The fraction of sp³-hybridized carbons (Fsp3) is 0.846. The number of unbranched alkanes of at least 4 members (excludes halogenated alkanes) is 3. The van der Waals surface area contributed by atoms with Crippen molar-refractivity contribution >= 4 is 11.9 Å². The van der Waals surface area contributed by atoms with E-state index in [9.17, 15) is 9.59 Å². The lowest BCUT2D eigenvalue weighted by Crippen LogP contribution is -2.11. The average Bonchev–Trinajstić information content (AvgIpc) is 2.33. The Morgan fingerprint density at radius 1 is 0.765 bits per heavy atom. The Kier molecular flexibility index (Phi) is 10.7. The van der Waals surface area contributed by atoms with E-state index in [0.29, 0.717) is 13.2 Å². The zero-order valence-corrected chi connectivity index (χ0v) is 11.0. The molecule has 100 valence electrons. The van der Waals surface area contributed by atoms with Gasteiger partial charge in [-0.1, -0.05) is 33.1 Å². The highest BCUT2D eigenvalue weighted by atomic mass is 16.5. The molecular formula is C13H24O4. The first-order valence-electron chi connectivity index (χ1n) is 6.52. The Morgan fingerprint density at radius 2 is 1.35 bits per heavy atom. The number of hydrogen-bond acceptors (Lipinski definition) is 4. The minimum Gasteiger partial charge on any atom is -0.466 e. The van der Waals surface area contributed by atoms with Crippen molar-refractivity contribution in [1.29, 1.82) is 0 Å². The molecule has 0 amide bonds. The molecule has 0 fully saturated rings. The largest absolute Gasteiger partial charge is 0.466 e. The summed E-state index contributed by atoms with van der Waals surface area (Å²) in [5.41, 5.74) is 0. The number of carbonyl (C=O) groups is 2. The van der Waals surface area contributed by atoms with Gasteiger partial charge in [0.15, 0.2) is 0 Å². The van der Waals surface area contributed by atoms with Crippen LogP contribution in [0.1, 0.15) is 58.8 Å². The standard InChI is InChI=1S/C13H24O4/c1-3-5-6-7-11-17-13(15)9-8-12(14)16-10-4-2/h3-11H2,1-2H3. The van der Waals surface area contributed by atoms with Crippen LogP contribution in [0.2, 0.25) is 0 Å². The van der Waals surface area contributed by atoms with Gasteiger partial charge in [0.25, 0.3) is 0 Å². The van der Waals surface area contributed by atoms with Gasteiger partial charge in [0.05, 0.1) is 26.1 Å². The predicted octanol–water partition coefficient (Wildman–Crippen LogP) is 2.84. The third kappa shape index (κ3) is 11.2. The molecule has 0 saturated heterocycles. The number of ether oxygens (including phenoxy) is 2. The van der Waals surface area contributed by atoms with E-state index in [1.807, 2.05) is 6.92 Å². The molecule has 0 radical (unpaired) electrons. The van der Waals surface area contributed by atoms with Gasteiger partial charge >= 0.3 is 11.9 Å². The molecule has 0 aliphatic rings. The van der Waals surface area contributed by atoms with Gasteiger partial charge in [-0.05, 0) is 12.8 Å². The molecule has 0 aromatic rings. The van der Waals surface area contributed by atoms with Crippen molar-refractivity contribution in [1.82, 2.24) is 0 Å². The second kappa shape index (κ2) is 11.4. The second-order valence-corrected chi connectivity index (χ2v) is 4.00. The van der Waals surface area contributed by atoms with Crippen LogP contribution in [-0.4, -0.2) is 25.2 Å². The quantitative estimate of drug-likeness (QED) is 0.438. The van der Waals surface area contributed by atoms with Crippen LogP contribution in [0.25, 0.3) is 0 Å². The fourth-order valence-corrected chi connectivity index (χ4v) is 1.28. The Bertz CT molecular complexity index is 213. The topological polar surface area (TPSA) is 52.6 Å². The van der Waals surface area contributed by atoms with Crippen LogP contribution in [-0.2, 0) is 19.1 Å². The van der Waals surface area contributed by atoms with Crippen LogP contribution in [0.3, 0.4) is 0 Å². The minimum absolute atomic E-state index is 0.119. The molecule has 0 bridgehead atoms. The molecule has 0 aromatic carbocycles. The lowest BCUT2D eigenvalue weighted by molar-refractivity contribution is -0.150. The lowest BCUT2D eigenvalue weighted by atomic mass is 10.2. The second-order valence-electron chi connectivity index (χ2n) is 4.00. The number of carbonyl (C=O) groups excluding carboxylic acids is 2. The Labute approximate surface area is 104 Å². The van der Waals surface area contributed by atoms with Crippen LogP contribution >= 0.6 is 0 Å². The highest BCUT2D eigenvalue weighted by Gasteiger charge is 2.08. The summed E-state index contributed by atoms with van der Waals surface area (Å²) in [6.07, 6.45) is 5.36. The van der Waals surface area contributed by atoms with Crippen LogP contribution < -0.4 is 0 Å². The predicted molar refractivity (Wildman–Crippen MR) is 65.6 cm³/mol. The molecule has 0 heterocycles. The molecule has 17 heavy (non-hydrogen) atoms. The third-order valence-electron chi connectivity index (χ3n) is 2.26. The van der Waals surface area contributed by atoms with Gasteiger partial charge in [0.2, 0.25) is 0 Å². The van der Waals surface area contributed by atoms with Crippen LogP contribution in [0.15, 0.2) is 0 Å². The summed E-state index contributed by atoms with van der Waals surface area (Å²) in [4.78, 5) is 22.3. The Hall–Kier alpha value is -1.06. The van der Waals surface area contributed by atoms with E-state index in [0.717, 1.165) is 25.7 Å². The highest BCUT2D eigenvalue weighted by molar-refractivity contribution is 5.77. The van der Waals surface area contributed by atoms with E-state index in [1.165, 1.54) is 6.42 Å². The van der Waals surface area contributed by atoms with Crippen molar-refractivity contribution in [2.75, 3.05) is 13.2 Å². The Morgan fingerprint density at radius 3 is 1.88 bits per heavy atom. The first-order chi connectivity index (χ1) is 8.20. The summed E-state index contributed by atoms with van der Waals surface area (Å²) >= 11 is 0. The van der Waals surface area contributed by atoms with Gasteiger partial charge < -0.3 is 9.47 Å². The average molecular weight is 244 g/mol. The van der Waals surface area contributed by atoms with E-state index in [-0.39, 0.29) is 24.8 Å². The van der Waals surface area contributed by atoms with Gasteiger partial charge in [0.1, 0.15) is 0 Å². The monoisotopic (exact) mass is 244 g/mol. The Balaban J connectivity index is 3.36. The van der Waals surface area contributed by atoms with Gasteiger partial charge in [-0.3, -0.25) is 9.59 Å². The zero-order chi connectivity index (χ0) is 12.9. The molecule has 0 saturated carbocycles. The molecule has 0 spiro atoms. The van der Waals surface area contributed by atoms with Crippen LogP contribution in [0.5, 0.6) is 0 Å². The van der Waals surface area contributed by atoms with Gasteiger partial charge in [0, 0.05) is 0 Å². The van der Waals surface area contributed by atoms with Gasteiger partial charge in [-0.25, -0.2) is 0 Å². The van der Waals surface area contributed by atoms with E-state index in [4.69, 9.17) is 9.47 Å². The fourth-order valence-electron chi connectivity index (χ4n) is 1.28. The summed E-state index contributed by atoms with van der Waals surface area (Å²) < 4.78 is 9.85. The number of hydrogen-bond donors (Lipinski definition) is 0. The van der Waals surface area contributed by atoms with Crippen LogP contribution in [0.4, 0.5) is 0 Å².